The average Bonchev–Trinajstić information content (AvgIpc) is 2.83. The van der Waals surface area contributed by atoms with Gasteiger partial charge in [-0.05, 0) is 26.2 Å². The highest BCUT2D eigenvalue weighted by Gasteiger charge is 2.32. The van der Waals surface area contributed by atoms with Crippen LogP contribution in [0.2, 0.25) is 0 Å². The van der Waals surface area contributed by atoms with Gasteiger partial charge in [0.15, 0.2) is 0 Å². The van der Waals surface area contributed by atoms with Crippen LogP contribution in [0.25, 0.3) is 0 Å². The molecule has 0 aliphatic carbocycles. The predicted molar refractivity (Wildman–Crippen MR) is 74.1 cm³/mol. The van der Waals surface area contributed by atoms with Gasteiger partial charge in [0.25, 0.3) is 5.89 Å². The monoisotopic (exact) mass is 286 g/mol. The quantitative estimate of drug-likeness (QED) is 0.683. The Kier molecular flexibility index (Phi) is 6.58. The van der Waals surface area contributed by atoms with Crippen LogP contribution < -0.4 is 0 Å². The molecule has 20 heavy (non-hydrogen) atoms. The van der Waals surface area contributed by atoms with Crippen LogP contribution >= 0.6 is 0 Å². The Balaban J connectivity index is 2.92. The number of ether oxygens (including phenoxy) is 3. The molecule has 0 aliphatic rings. The minimum Gasteiger partial charge on any atom is -0.370 e. The highest BCUT2D eigenvalue weighted by atomic mass is 16.7. The molecular formula is C14H26N2O4. The van der Waals surface area contributed by atoms with Crippen LogP contribution in [-0.4, -0.2) is 30.0 Å². The van der Waals surface area contributed by atoms with Gasteiger partial charge in [-0.2, -0.15) is 4.98 Å². The normalized spacial score (nSPS) is 13.9. The topological polar surface area (TPSA) is 66.6 Å². The van der Waals surface area contributed by atoms with Crippen molar-refractivity contribution in [3.8, 4) is 0 Å². The van der Waals surface area contributed by atoms with Crippen LogP contribution in [0.15, 0.2) is 4.52 Å². The van der Waals surface area contributed by atoms with E-state index in [9.17, 15) is 0 Å². The zero-order valence-electron chi connectivity index (χ0n) is 13.3. The molecule has 0 radical (unpaired) electrons. The molecular weight excluding hydrogens is 260 g/mol. The third-order valence-corrected chi connectivity index (χ3v) is 2.65. The first-order chi connectivity index (χ1) is 9.43. The van der Waals surface area contributed by atoms with Crippen molar-refractivity contribution in [1.82, 2.24) is 10.1 Å². The van der Waals surface area contributed by atoms with Crippen LogP contribution in [0, 0.1) is 5.41 Å². The Hall–Kier alpha value is -0.980. The molecule has 0 saturated carbocycles. The Morgan fingerprint density at radius 2 is 1.55 bits per heavy atom. The fourth-order valence-electron chi connectivity index (χ4n) is 1.82. The van der Waals surface area contributed by atoms with Gasteiger partial charge < -0.3 is 18.7 Å². The maximum Gasteiger partial charge on any atom is 0.283 e. The minimum absolute atomic E-state index is 0.121. The van der Waals surface area contributed by atoms with E-state index in [0.29, 0.717) is 31.5 Å². The lowest BCUT2D eigenvalue weighted by atomic mass is 9.88. The van der Waals surface area contributed by atoms with Crippen molar-refractivity contribution in [2.45, 2.75) is 53.9 Å². The number of nitrogens with zero attached hydrogens (tertiary/aromatic N) is 2. The molecule has 1 aromatic rings. The van der Waals surface area contributed by atoms with E-state index in [0.717, 1.165) is 0 Å². The molecule has 1 heterocycles. The first-order valence-electron chi connectivity index (χ1n) is 7.12. The van der Waals surface area contributed by atoms with Gasteiger partial charge in [-0.3, -0.25) is 0 Å². The number of hydrogen-bond donors (Lipinski definition) is 0. The highest BCUT2D eigenvalue weighted by Crippen LogP contribution is 2.35. The molecule has 0 aliphatic heterocycles. The summed E-state index contributed by atoms with van der Waals surface area (Å²) in [5.41, 5.74) is -0.121. The van der Waals surface area contributed by atoms with E-state index >= 15 is 0 Å². The number of aromatic nitrogens is 2. The molecule has 6 nitrogen and oxygen atoms in total. The summed E-state index contributed by atoms with van der Waals surface area (Å²) in [6.45, 7) is 13.6. The fraction of sp³-hybridized carbons (Fsp3) is 0.857. The second kappa shape index (κ2) is 7.71. The lowest BCUT2D eigenvalue weighted by Gasteiger charge is -2.27. The molecule has 116 valence electrons. The molecule has 1 aromatic heterocycles. The first-order valence-corrected chi connectivity index (χ1v) is 7.12. The Labute approximate surface area is 120 Å². The number of rotatable bonds is 8. The van der Waals surface area contributed by atoms with Crippen LogP contribution in [0.3, 0.4) is 0 Å². The summed E-state index contributed by atoms with van der Waals surface area (Å²) in [5, 5.41) is 4.02. The zero-order chi connectivity index (χ0) is 15.2. The van der Waals surface area contributed by atoms with Crippen LogP contribution in [0.4, 0.5) is 0 Å². The van der Waals surface area contributed by atoms with Crippen LogP contribution in [-0.2, 0) is 14.2 Å². The van der Waals surface area contributed by atoms with Crippen LogP contribution in [0.1, 0.15) is 65.7 Å². The first kappa shape index (κ1) is 17.1. The number of hydrogen-bond acceptors (Lipinski definition) is 6. The molecule has 0 N–H and O–H groups in total. The lowest BCUT2D eigenvalue weighted by Crippen LogP contribution is -2.22. The van der Waals surface area contributed by atoms with Gasteiger partial charge in [-0.1, -0.05) is 25.9 Å². The van der Waals surface area contributed by atoms with Crippen molar-refractivity contribution < 1.29 is 18.7 Å². The van der Waals surface area contributed by atoms with Gasteiger partial charge in [-0.25, -0.2) is 0 Å². The molecule has 1 unspecified atom stereocenters. The lowest BCUT2D eigenvalue weighted by molar-refractivity contribution is -0.155. The zero-order valence-corrected chi connectivity index (χ0v) is 13.3. The average molecular weight is 286 g/mol. The fourth-order valence-corrected chi connectivity index (χ4v) is 1.82. The highest BCUT2D eigenvalue weighted by molar-refractivity contribution is 4.97. The van der Waals surface area contributed by atoms with E-state index in [1.807, 2.05) is 20.8 Å². The molecule has 1 atom stereocenters. The van der Waals surface area contributed by atoms with Crippen molar-refractivity contribution in [3.63, 3.8) is 0 Å². The second-order valence-corrected chi connectivity index (χ2v) is 5.43. The van der Waals surface area contributed by atoms with E-state index in [1.165, 1.54) is 0 Å². The molecule has 0 amide bonds. The van der Waals surface area contributed by atoms with Gasteiger partial charge in [0, 0.05) is 19.8 Å². The van der Waals surface area contributed by atoms with Crippen molar-refractivity contribution in [2.75, 3.05) is 19.8 Å². The molecule has 0 spiro atoms. The van der Waals surface area contributed by atoms with Crippen LogP contribution in [0.5, 0.6) is 0 Å². The summed E-state index contributed by atoms with van der Waals surface area (Å²) in [5.74, 6) is 0.858. The third kappa shape index (κ3) is 4.54. The summed E-state index contributed by atoms with van der Waals surface area (Å²) < 4.78 is 21.9. The van der Waals surface area contributed by atoms with Gasteiger partial charge in [-0.15, -0.1) is 0 Å². The summed E-state index contributed by atoms with van der Waals surface area (Å²) in [7, 11) is 0. The van der Waals surface area contributed by atoms with E-state index in [4.69, 9.17) is 18.7 Å². The van der Waals surface area contributed by atoms with Gasteiger partial charge >= 0.3 is 0 Å². The molecule has 0 bridgehead atoms. The predicted octanol–water partition coefficient (Wildman–Crippen LogP) is 3.26. The molecule has 0 saturated heterocycles. The van der Waals surface area contributed by atoms with Crippen molar-refractivity contribution >= 4 is 0 Å². The molecule has 0 aromatic carbocycles. The van der Waals surface area contributed by atoms with E-state index in [2.05, 4.69) is 30.9 Å². The van der Waals surface area contributed by atoms with Gasteiger partial charge in [0.1, 0.15) is 6.10 Å². The smallest absolute Gasteiger partial charge is 0.283 e. The van der Waals surface area contributed by atoms with E-state index in [-0.39, 0.29) is 11.5 Å². The van der Waals surface area contributed by atoms with E-state index < -0.39 is 6.29 Å². The summed E-state index contributed by atoms with van der Waals surface area (Å²) in [4.78, 5) is 4.38. The minimum atomic E-state index is -0.617. The second-order valence-electron chi connectivity index (χ2n) is 5.43. The molecule has 0 fully saturated rings. The standard InChI is InChI=1S/C14H26N2O4/c1-7-17-10(14(4,5)6)11-15-12(20-16-11)13(18-8-2)19-9-3/h10,13H,7-9H2,1-6H3. The molecule has 1 rings (SSSR count). The molecule has 6 heteroatoms. The summed E-state index contributed by atoms with van der Waals surface area (Å²) >= 11 is 0. The van der Waals surface area contributed by atoms with Crippen molar-refractivity contribution in [3.05, 3.63) is 11.7 Å². The van der Waals surface area contributed by atoms with E-state index in [1.54, 1.807) is 0 Å². The Morgan fingerprint density at radius 1 is 1.00 bits per heavy atom. The van der Waals surface area contributed by atoms with Gasteiger partial charge in [0.05, 0.1) is 0 Å². The van der Waals surface area contributed by atoms with Gasteiger partial charge in [0.2, 0.25) is 12.1 Å². The Morgan fingerprint density at radius 3 is 2.00 bits per heavy atom. The maximum absolute atomic E-state index is 5.74. The Bertz CT molecular complexity index is 381. The SMILES string of the molecule is CCOC(OCC)c1nc(C(OCC)C(C)(C)C)no1. The maximum atomic E-state index is 5.74. The largest absolute Gasteiger partial charge is 0.370 e. The summed E-state index contributed by atoms with van der Waals surface area (Å²) in [6.07, 6.45) is -0.845. The third-order valence-electron chi connectivity index (χ3n) is 2.65. The van der Waals surface area contributed by atoms with Crippen molar-refractivity contribution in [2.24, 2.45) is 5.41 Å². The van der Waals surface area contributed by atoms with Crippen molar-refractivity contribution in [1.29, 1.82) is 0 Å². The summed E-state index contributed by atoms with van der Waals surface area (Å²) in [6, 6.07) is 0.